The van der Waals surface area contributed by atoms with Crippen LogP contribution in [-0.4, -0.2) is 0 Å². The molecule has 0 amide bonds. The quantitative estimate of drug-likeness (QED) is 0.238. The highest BCUT2D eigenvalue weighted by molar-refractivity contribution is 7.95. The van der Waals surface area contributed by atoms with Crippen molar-refractivity contribution < 1.29 is 22.0 Å². The largest absolute Gasteiger partial charge is 0.416 e. The standard InChI is InChI=1S/C26H19F5P/c27-24-16-19(26(29,30)31)17-25(28)23(24)18-32(20-10-4-1-5-11-20,21-12-6-2-7-13-21)22-14-8-3-9-15-22/h1-17H,18H2/q+1. The van der Waals surface area contributed by atoms with Crippen LogP contribution in [0.4, 0.5) is 22.0 Å². The summed E-state index contributed by atoms with van der Waals surface area (Å²) in [4.78, 5) is 0. The van der Waals surface area contributed by atoms with Crippen LogP contribution in [0, 0.1) is 11.6 Å². The molecule has 0 unspecified atom stereocenters. The van der Waals surface area contributed by atoms with E-state index in [0.717, 1.165) is 15.9 Å². The lowest BCUT2D eigenvalue weighted by Gasteiger charge is -2.28. The van der Waals surface area contributed by atoms with Gasteiger partial charge in [-0.25, -0.2) is 8.78 Å². The van der Waals surface area contributed by atoms with Gasteiger partial charge in [0.2, 0.25) is 0 Å². The second-order valence-electron chi connectivity index (χ2n) is 7.39. The highest BCUT2D eigenvalue weighted by Crippen LogP contribution is 2.58. The second kappa shape index (κ2) is 8.84. The molecular weight excluding hydrogens is 438 g/mol. The summed E-state index contributed by atoms with van der Waals surface area (Å²) in [5.74, 6) is -2.38. The molecule has 0 atom stereocenters. The molecule has 0 radical (unpaired) electrons. The molecule has 0 bridgehead atoms. The summed E-state index contributed by atoms with van der Waals surface area (Å²) in [5, 5.41) is 2.66. The van der Waals surface area contributed by atoms with Crippen LogP contribution < -0.4 is 15.9 Å². The normalized spacial score (nSPS) is 12.0. The molecule has 0 spiro atoms. The van der Waals surface area contributed by atoms with Gasteiger partial charge in [-0.15, -0.1) is 0 Å². The Kier molecular flexibility index (Phi) is 6.12. The number of hydrogen-bond acceptors (Lipinski definition) is 0. The first-order valence-corrected chi connectivity index (χ1v) is 11.9. The molecule has 0 fully saturated rings. The van der Waals surface area contributed by atoms with Gasteiger partial charge in [0.05, 0.1) is 11.1 Å². The third-order valence-corrected chi connectivity index (χ3v) is 9.78. The highest BCUT2D eigenvalue weighted by Gasteiger charge is 2.47. The van der Waals surface area contributed by atoms with E-state index in [4.69, 9.17) is 0 Å². The van der Waals surface area contributed by atoms with Crippen molar-refractivity contribution in [3.8, 4) is 0 Å². The van der Waals surface area contributed by atoms with Crippen molar-refractivity contribution in [1.82, 2.24) is 0 Å². The van der Waals surface area contributed by atoms with E-state index in [1.165, 1.54) is 0 Å². The van der Waals surface area contributed by atoms with E-state index in [2.05, 4.69) is 0 Å². The Bertz CT molecular complexity index is 1070. The summed E-state index contributed by atoms with van der Waals surface area (Å²) in [6.45, 7) is 0. The fraction of sp³-hybridized carbons (Fsp3) is 0.0769. The molecule has 4 aromatic rings. The molecule has 0 heterocycles. The maximum atomic E-state index is 15.0. The average molecular weight is 457 g/mol. The van der Waals surface area contributed by atoms with Crippen molar-refractivity contribution in [2.24, 2.45) is 0 Å². The Morgan fingerprint density at radius 1 is 0.562 bits per heavy atom. The molecular formula is C26H19F5P+. The molecule has 4 rings (SSSR count). The topological polar surface area (TPSA) is 0 Å². The molecule has 4 aromatic carbocycles. The molecule has 0 nitrogen and oxygen atoms in total. The third kappa shape index (κ3) is 4.18. The second-order valence-corrected chi connectivity index (χ2v) is 10.9. The summed E-state index contributed by atoms with van der Waals surface area (Å²) in [6.07, 6.45) is -4.91. The number of benzene rings is 4. The van der Waals surface area contributed by atoms with Crippen LogP contribution in [0.5, 0.6) is 0 Å². The Hall–Kier alpha value is -3.04. The zero-order chi connectivity index (χ0) is 22.8. The zero-order valence-electron chi connectivity index (χ0n) is 16.9. The predicted octanol–water partition coefficient (Wildman–Crippen LogP) is 6.48. The third-order valence-electron chi connectivity index (χ3n) is 5.45. The number of alkyl halides is 3. The maximum Gasteiger partial charge on any atom is 0.416 e. The van der Waals surface area contributed by atoms with Gasteiger partial charge in [-0.2, -0.15) is 13.2 Å². The van der Waals surface area contributed by atoms with Crippen molar-refractivity contribution in [2.75, 3.05) is 0 Å². The Labute approximate surface area is 183 Å². The Balaban J connectivity index is 2.00. The summed E-state index contributed by atoms with van der Waals surface area (Å²) in [6, 6.07) is 28.9. The lowest BCUT2D eigenvalue weighted by Crippen LogP contribution is -2.33. The molecule has 0 aliphatic rings. The lowest BCUT2D eigenvalue weighted by atomic mass is 10.1. The van der Waals surface area contributed by atoms with E-state index in [1.807, 2.05) is 91.0 Å². The van der Waals surface area contributed by atoms with Gasteiger partial charge in [-0.05, 0) is 48.5 Å². The molecule has 6 heteroatoms. The molecule has 0 N–H and O–H groups in total. The first kappa shape index (κ1) is 22.2. The smallest absolute Gasteiger partial charge is 0.206 e. The van der Waals surface area contributed by atoms with E-state index in [-0.39, 0.29) is 11.7 Å². The van der Waals surface area contributed by atoms with Crippen molar-refractivity contribution in [1.29, 1.82) is 0 Å². The van der Waals surface area contributed by atoms with E-state index >= 15 is 0 Å². The SMILES string of the molecule is Fc1cc(C(F)(F)F)cc(F)c1C[P+](c1ccccc1)(c1ccccc1)c1ccccc1. The van der Waals surface area contributed by atoms with E-state index in [1.54, 1.807) is 0 Å². The van der Waals surface area contributed by atoms with Gasteiger partial charge in [0, 0.05) is 0 Å². The summed E-state index contributed by atoms with van der Waals surface area (Å²) in [5.41, 5.74) is -1.68. The van der Waals surface area contributed by atoms with Gasteiger partial charge in [0.25, 0.3) is 0 Å². The minimum absolute atomic E-state index is 0.0825. The number of rotatable bonds is 5. The zero-order valence-corrected chi connectivity index (χ0v) is 17.8. The first-order chi connectivity index (χ1) is 15.3. The van der Waals surface area contributed by atoms with Crippen LogP contribution in [0.25, 0.3) is 0 Å². The minimum Gasteiger partial charge on any atom is -0.206 e. The average Bonchev–Trinajstić information content (AvgIpc) is 2.80. The molecule has 0 saturated carbocycles. The van der Waals surface area contributed by atoms with Gasteiger partial charge in [-0.1, -0.05) is 54.6 Å². The fourth-order valence-corrected chi connectivity index (χ4v) is 8.19. The Morgan fingerprint density at radius 3 is 1.22 bits per heavy atom. The van der Waals surface area contributed by atoms with Crippen LogP contribution in [0.3, 0.4) is 0 Å². The van der Waals surface area contributed by atoms with Crippen molar-refractivity contribution in [3.05, 3.63) is 126 Å². The van der Waals surface area contributed by atoms with Gasteiger partial charge in [0.1, 0.15) is 41.0 Å². The maximum absolute atomic E-state index is 15.0. The van der Waals surface area contributed by atoms with Crippen LogP contribution >= 0.6 is 7.26 Å². The summed E-state index contributed by atoms with van der Waals surface area (Å²) in [7, 11) is -2.65. The summed E-state index contributed by atoms with van der Waals surface area (Å²) < 4.78 is 69.3. The molecule has 0 aliphatic carbocycles. The molecule has 32 heavy (non-hydrogen) atoms. The van der Waals surface area contributed by atoms with Gasteiger partial charge >= 0.3 is 6.18 Å². The number of hydrogen-bond donors (Lipinski definition) is 0. The van der Waals surface area contributed by atoms with Crippen LogP contribution in [-0.2, 0) is 12.3 Å². The van der Waals surface area contributed by atoms with E-state index in [0.29, 0.717) is 12.1 Å². The molecule has 0 aromatic heterocycles. The first-order valence-electron chi connectivity index (χ1n) is 9.92. The fourth-order valence-electron chi connectivity index (χ4n) is 3.92. The van der Waals surface area contributed by atoms with Crippen molar-refractivity contribution >= 4 is 23.2 Å². The monoisotopic (exact) mass is 457 g/mol. The van der Waals surface area contributed by atoms with Crippen molar-refractivity contribution in [3.63, 3.8) is 0 Å². The van der Waals surface area contributed by atoms with Gasteiger partial charge < -0.3 is 0 Å². The van der Waals surface area contributed by atoms with Crippen molar-refractivity contribution in [2.45, 2.75) is 12.3 Å². The molecule has 0 aliphatic heterocycles. The molecule has 162 valence electrons. The van der Waals surface area contributed by atoms with Gasteiger partial charge in [-0.3, -0.25) is 0 Å². The summed E-state index contributed by atoms with van der Waals surface area (Å²) >= 11 is 0. The highest BCUT2D eigenvalue weighted by atomic mass is 31.2. The van der Waals surface area contributed by atoms with Gasteiger partial charge in [0.15, 0.2) is 0 Å². The molecule has 0 saturated heterocycles. The van der Waals surface area contributed by atoms with Crippen LogP contribution in [0.1, 0.15) is 11.1 Å². The predicted molar refractivity (Wildman–Crippen MR) is 120 cm³/mol. The van der Waals surface area contributed by atoms with E-state index < -0.39 is 30.6 Å². The van der Waals surface area contributed by atoms with E-state index in [9.17, 15) is 22.0 Å². The lowest BCUT2D eigenvalue weighted by molar-refractivity contribution is -0.138. The Morgan fingerprint density at radius 2 is 0.906 bits per heavy atom. The van der Waals surface area contributed by atoms with Crippen LogP contribution in [0.2, 0.25) is 0 Å². The van der Waals surface area contributed by atoms with Crippen LogP contribution in [0.15, 0.2) is 103 Å². The number of halogens is 5. The minimum atomic E-state index is -4.83.